The third kappa shape index (κ3) is 2.68. The molecular formula is C17H17N3O4. The highest BCUT2D eigenvalue weighted by Crippen LogP contribution is 2.30. The van der Waals surface area contributed by atoms with Crippen LogP contribution in [0.5, 0.6) is 0 Å². The summed E-state index contributed by atoms with van der Waals surface area (Å²) in [6, 6.07) is 6.90. The van der Waals surface area contributed by atoms with E-state index in [1.807, 2.05) is 24.3 Å². The molecule has 1 fully saturated rings. The van der Waals surface area contributed by atoms with Crippen molar-refractivity contribution in [2.24, 2.45) is 0 Å². The van der Waals surface area contributed by atoms with Crippen LogP contribution in [0.1, 0.15) is 23.6 Å². The molecular weight excluding hydrogens is 310 g/mol. The minimum atomic E-state index is -0.983. The Balaban J connectivity index is 1.66. The summed E-state index contributed by atoms with van der Waals surface area (Å²) in [7, 11) is 0. The lowest BCUT2D eigenvalue weighted by Crippen LogP contribution is -2.42. The van der Waals surface area contributed by atoms with Gasteiger partial charge in [0.15, 0.2) is 0 Å². The number of imide groups is 2. The Labute approximate surface area is 138 Å². The number of hydrogen-bond acceptors (Lipinski definition) is 4. The predicted molar refractivity (Wildman–Crippen MR) is 84.7 cm³/mol. The Kier molecular flexibility index (Phi) is 4.16. The van der Waals surface area contributed by atoms with Gasteiger partial charge in [0, 0.05) is 6.54 Å². The van der Waals surface area contributed by atoms with E-state index in [1.54, 1.807) is 0 Å². The quantitative estimate of drug-likeness (QED) is 0.491. The first kappa shape index (κ1) is 15.9. The molecule has 5 amide bonds. The molecule has 0 saturated carbocycles. The smallest absolute Gasteiger partial charge is 0.335 e. The molecule has 3 rings (SSSR count). The van der Waals surface area contributed by atoms with E-state index in [0.29, 0.717) is 4.90 Å². The summed E-state index contributed by atoms with van der Waals surface area (Å²) in [5.41, 5.74) is 2.23. The second kappa shape index (κ2) is 6.27. The first-order valence-electron chi connectivity index (χ1n) is 7.68. The van der Waals surface area contributed by atoms with Gasteiger partial charge in [-0.05, 0) is 24.0 Å². The SMILES string of the molecule is C=CCN1C(=O)C(=O)N(CC(=O)N[C@@H]2CCc3ccccc32)C1=O. The number of aryl methyl sites for hydroxylation is 1. The maximum atomic E-state index is 12.2. The van der Waals surface area contributed by atoms with Crippen LogP contribution in [0.2, 0.25) is 0 Å². The van der Waals surface area contributed by atoms with Gasteiger partial charge in [-0.2, -0.15) is 0 Å². The molecule has 2 aliphatic rings. The third-order valence-electron chi connectivity index (χ3n) is 4.22. The van der Waals surface area contributed by atoms with Gasteiger partial charge < -0.3 is 5.32 Å². The highest BCUT2D eigenvalue weighted by atomic mass is 16.2. The van der Waals surface area contributed by atoms with E-state index in [0.717, 1.165) is 23.3 Å². The maximum Gasteiger partial charge on any atom is 0.335 e. The summed E-state index contributed by atoms with van der Waals surface area (Å²) in [6.45, 7) is 2.92. The molecule has 0 aromatic heterocycles. The van der Waals surface area contributed by atoms with Gasteiger partial charge >= 0.3 is 17.8 Å². The number of benzene rings is 1. The van der Waals surface area contributed by atoms with Crippen molar-refractivity contribution in [1.29, 1.82) is 0 Å². The average molecular weight is 327 g/mol. The Morgan fingerprint density at radius 2 is 1.92 bits per heavy atom. The zero-order chi connectivity index (χ0) is 17.3. The number of rotatable bonds is 5. The van der Waals surface area contributed by atoms with Crippen LogP contribution in [-0.4, -0.2) is 46.6 Å². The van der Waals surface area contributed by atoms with Crippen LogP contribution in [0.3, 0.4) is 0 Å². The third-order valence-corrected chi connectivity index (χ3v) is 4.22. The fraction of sp³-hybridized carbons (Fsp3) is 0.294. The zero-order valence-electron chi connectivity index (χ0n) is 13.0. The number of carbonyl (C=O) groups is 4. The van der Waals surface area contributed by atoms with E-state index < -0.39 is 30.3 Å². The molecule has 0 radical (unpaired) electrons. The first-order valence-corrected chi connectivity index (χ1v) is 7.68. The van der Waals surface area contributed by atoms with E-state index >= 15 is 0 Å². The van der Waals surface area contributed by atoms with E-state index in [2.05, 4.69) is 11.9 Å². The van der Waals surface area contributed by atoms with Crippen molar-refractivity contribution in [2.75, 3.05) is 13.1 Å². The summed E-state index contributed by atoms with van der Waals surface area (Å²) in [6.07, 6.45) is 2.99. The lowest BCUT2D eigenvalue weighted by molar-refractivity contribution is -0.143. The molecule has 1 aliphatic heterocycles. The van der Waals surface area contributed by atoms with Gasteiger partial charge in [0.2, 0.25) is 5.91 Å². The molecule has 7 heteroatoms. The number of nitrogens with zero attached hydrogens (tertiary/aromatic N) is 2. The minimum absolute atomic E-state index is 0.0580. The molecule has 0 spiro atoms. The molecule has 0 unspecified atom stereocenters. The minimum Gasteiger partial charge on any atom is -0.348 e. The molecule has 124 valence electrons. The fourth-order valence-corrected chi connectivity index (χ4v) is 3.07. The number of urea groups is 1. The summed E-state index contributed by atoms with van der Waals surface area (Å²) >= 11 is 0. The van der Waals surface area contributed by atoms with E-state index in [4.69, 9.17) is 0 Å². The van der Waals surface area contributed by atoms with Crippen molar-refractivity contribution in [3.63, 3.8) is 0 Å². The summed E-state index contributed by atoms with van der Waals surface area (Å²) in [4.78, 5) is 49.3. The molecule has 1 aromatic rings. The van der Waals surface area contributed by atoms with Gasteiger partial charge in [0.05, 0.1) is 6.04 Å². The van der Waals surface area contributed by atoms with E-state index in [1.165, 1.54) is 11.6 Å². The predicted octanol–water partition coefficient (Wildman–Crippen LogP) is 0.767. The summed E-state index contributed by atoms with van der Waals surface area (Å²) in [5, 5.41) is 2.83. The second-order valence-electron chi connectivity index (χ2n) is 5.74. The standard InChI is InChI=1S/C17H17N3O4/c1-2-9-19-15(22)16(23)20(17(19)24)10-14(21)18-13-8-7-11-5-3-4-6-12(11)13/h2-6,13H,1,7-10H2,(H,18,21)/t13-/m1/s1. The van der Waals surface area contributed by atoms with Crippen molar-refractivity contribution >= 4 is 23.8 Å². The molecule has 24 heavy (non-hydrogen) atoms. The molecule has 7 nitrogen and oxygen atoms in total. The number of nitrogens with one attached hydrogen (secondary N) is 1. The number of fused-ring (bicyclic) bond motifs is 1. The zero-order valence-corrected chi connectivity index (χ0v) is 13.0. The van der Waals surface area contributed by atoms with Crippen LogP contribution in [0.4, 0.5) is 4.79 Å². The van der Waals surface area contributed by atoms with Gasteiger partial charge in [-0.3, -0.25) is 19.3 Å². The van der Waals surface area contributed by atoms with Crippen molar-refractivity contribution in [1.82, 2.24) is 15.1 Å². The lowest BCUT2D eigenvalue weighted by Gasteiger charge is -2.17. The Hall–Kier alpha value is -2.96. The van der Waals surface area contributed by atoms with Crippen LogP contribution < -0.4 is 5.32 Å². The van der Waals surface area contributed by atoms with Crippen molar-refractivity contribution in [3.8, 4) is 0 Å². The monoisotopic (exact) mass is 327 g/mol. The Morgan fingerprint density at radius 1 is 1.21 bits per heavy atom. The Bertz CT molecular complexity index is 743. The van der Waals surface area contributed by atoms with Crippen LogP contribution in [-0.2, 0) is 20.8 Å². The largest absolute Gasteiger partial charge is 0.348 e. The lowest BCUT2D eigenvalue weighted by atomic mass is 10.1. The highest BCUT2D eigenvalue weighted by Gasteiger charge is 2.44. The van der Waals surface area contributed by atoms with Crippen molar-refractivity contribution in [2.45, 2.75) is 18.9 Å². The number of amides is 5. The van der Waals surface area contributed by atoms with Gasteiger partial charge in [-0.15, -0.1) is 6.58 Å². The van der Waals surface area contributed by atoms with Gasteiger partial charge in [0.1, 0.15) is 6.54 Å². The summed E-state index contributed by atoms with van der Waals surface area (Å²) < 4.78 is 0. The van der Waals surface area contributed by atoms with Crippen LogP contribution in [0.15, 0.2) is 36.9 Å². The van der Waals surface area contributed by atoms with E-state index in [9.17, 15) is 19.2 Å². The first-order chi connectivity index (χ1) is 11.5. The van der Waals surface area contributed by atoms with Gasteiger partial charge in [-0.25, -0.2) is 9.69 Å². The van der Waals surface area contributed by atoms with Crippen molar-refractivity contribution < 1.29 is 19.2 Å². The molecule has 0 bridgehead atoms. The number of carbonyl (C=O) groups excluding carboxylic acids is 4. The van der Waals surface area contributed by atoms with Crippen LogP contribution >= 0.6 is 0 Å². The van der Waals surface area contributed by atoms with Crippen LogP contribution in [0, 0.1) is 0 Å². The van der Waals surface area contributed by atoms with Crippen molar-refractivity contribution in [3.05, 3.63) is 48.0 Å². The maximum absolute atomic E-state index is 12.2. The number of hydrogen-bond donors (Lipinski definition) is 1. The molecule has 1 saturated heterocycles. The van der Waals surface area contributed by atoms with Crippen LogP contribution in [0.25, 0.3) is 0 Å². The highest BCUT2D eigenvalue weighted by molar-refractivity contribution is 6.45. The van der Waals surface area contributed by atoms with Gasteiger partial charge in [-0.1, -0.05) is 30.3 Å². The fourth-order valence-electron chi connectivity index (χ4n) is 3.07. The summed E-state index contributed by atoms with van der Waals surface area (Å²) in [5.74, 6) is -2.38. The normalized spacial score (nSPS) is 19.7. The average Bonchev–Trinajstić information content (AvgIpc) is 3.06. The molecule has 1 atom stereocenters. The molecule has 1 aromatic carbocycles. The molecule has 1 heterocycles. The molecule has 1 aliphatic carbocycles. The molecule has 1 N–H and O–H groups in total. The Morgan fingerprint density at radius 3 is 2.67 bits per heavy atom. The van der Waals surface area contributed by atoms with Gasteiger partial charge in [0.25, 0.3) is 0 Å². The van der Waals surface area contributed by atoms with E-state index in [-0.39, 0.29) is 12.6 Å². The second-order valence-corrected chi connectivity index (χ2v) is 5.74. The topological polar surface area (TPSA) is 86.8 Å².